The highest BCUT2D eigenvalue weighted by atomic mass is 16.5. The maximum absolute atomic E-state index is 12.3. The van der Waals surface area contributed by atoms with Crippen molar-refractivity contribution < 1.29 is 9.53 Å². The van der Waals surface area contributed by atoms with Crippen LogP contribution in [-0.4, -0.2) is 22.4 Å². The molecule has 0 saturated heterocycles. The van der Waals surface area contributed by atoms with Gasteiger partial charge in [-0.05, 0) is 37.1 Å². The first kappa shape index (κ1) is 18.4. The van der Waals surface area contributed by atoms with Gasteiger partial charge in [-0.15, -0.1) is 0 Å². The molecule has 3 aromatic rings. The third kappa shape index (κ3) is 4.41. The summed E-state index contributed by atoms with van der Waals surface area (Å²) in [4.78, 5) is 20.6. The average Bonchev–Trinajstić information content (AvgIpc) is 2.67. The van der Waals surface area contributed by atoms with Gasteiger partial charge in [0.05, 0.1) is 17.0 Å². The molecule has 0 aliphatic heterocycles. The highest BCUT2D eigenvalue weighted by Crippen LogP contribution is 2.23. The summed E-state index contributed by atoms with van der Waals surface area (Å²) in [5.74, 6) is 0.581. The van der Waals surface area contributed by atoms with E-state index in [9.17, 15) is 4.79 Å². The van der Waals surface area contributed by atoms with E-state index in [0.29, 0.717) is 29.2 Å². The van der Waals surface area contributed by atoms with E-state index in [1.807, 2.05) is 49.4 Å². The molecule has 0 bridgehead atoms. The molecular formula is C21H22N4O2. The van der Waals surface area contributed by atoms with Crippen LogP contribution in [0.5, 0.6) is 5.75 Å². The zero-order chi connectivity index (χ0) is 19.2. The zero-order valence-electron chi connectivity index (χ0n) is 15.4. The summed E-state index contributed by atoms with van der Waals surface area (Å²) in [5.41, 5.74) is 9.40. The van der Waals surface area contributed by atoms with Crippen molar-refractivity contribution in [3.05, 3.63) is 71.5 Å². The zero-order valence-corrected chi connectivity index (χ0v) is 15.4. The van der Waals surface area contributed by atoms with Crippen LogP contribution in [0.25, 0.3) is 11.1 Å². The quantitative estimate of drug-likeness (QED) is 0.702. The summed E-state index contributed by atoms with van der Waals surface area (Å²) in [5, 5.41) is 2.77. The molecule has 0 aliphatic carbocycles. The van der Waals surface area contributed by atoms with Crippen LogP contribution in [0.1, 0.15) is 28.7 Å². The van der Waals surface area contributed by atoms with Crippen LogP contribution in [0, 0.1) is 6.92 Å². The first-order chi connectivity index (χ1) is 13.1. The molecule has 0 saturated carbocycles. The lowest BCUT2D eigenvalue weighted by molar-refractivity contribution is 0.0951. The fraction of sp³-hybridized carbons (Fsp3) is 0.190. The van der Waals surface area contributed by atoms with Gasteiger partial charge in [-0.1, -0.05) is 42.5 Å². The Morgan fingerprint density at radius 3 is 2.37 bits per heavy atom. The smallest absolute Gasteiger partial charge is 0.255 e. The summed E-state index contributed by atoms with van der Waals surface area (Å²) in [7, 11) is 0. The Bertz CT molecular complexity index is 925. The van der Waals surface area contributed by atoms with Gasteiger partial charge in [-0.3, -0.25) is 4.79 Å². The van der Waals surface area contributed by atoms with E-state index < -0.39 is 0 Å². The molecule has 6 nitrogen and oxygen atoms in total. The number of carbonyl (C=O) groups is 1. The molecule has 6 heteroatoms. The van der Waals surface area contributed by atoms with Gasteiger partial charge < -0.3 is 15.8 Å². The lowest BCUT2D eigenvalue weighted by Crippen LogP contribution is -2.26. The number of nitrogen functional groups attached to an aromatic ring is 1. The highest BCUT2D eigenvalue weighted by Gasteiger charge is 2.18. The molecule has 0 aliphatic rings. The molecule has 0 radical (unpaired) electrons. The van der Waals surface area contributed by atoms with Crippen molar-refractivity contribution in [1.29, 1.82) is 0 Å². The minimum Gasteiger partial charge on any atom is -0.487 e. The second-order valence-electron chi connectivity index (χ2n) is 6.03. The van der Waals surface area contributed by atoms with Crippen LogP contribution in [0.2, 0.25) is 0 Å². The number of aromatic nitrogens is 2. The topological polar surface area (TPSA) is 90.1 Å². The molecular weight excluding hydrogens is 340 g/mol. The van der Waals surface area contributed by atoms with E-state index in [4.69, 9.17) is 10.5 Å². The number of hydrogen-bond acceptors (Lipinski definition) is 5. The number of nitrogens with one attached hydrogen (secondary N) is 1. The third-order valence-electron chi connectivity index (χ3n) is 4.08. The van der Waals surface area contributed by atoms with E-state index in [-0.39, 0.29) is 18.5 Å². The first-order valence-corrected chi connectivity index (χ1v) is 8.78. The molecule has 0 spiro atoms. The Labute approximate surface area is 158 Å². The van der Waals surface area contributed by atoms with Crippen LogP contribution in [-0.2, 0) is 6.61 Å². The number of nitrogens with two attached hydrogens (primary N) is 1. The molecule has 2 aromatic carbocycles. The van der Waals surface area contributed by atoms with Gasteiger partial charge in [0.2, 0.25) is 5.95 Å². The number of ether oxygens (including phenoxy) is 1. The van der Waals surface area contributed by atoms with Crippen LogP contribution in [0.15, 0.2) is 54.6 Å². The van der Waals surface area contributed by atoms with Gasteiger partial charge in [0.1, 0.15) is 12.4 Å². The molecule has 1 heterocycles. The van der Waals surface area contributed by atoms with E-state index in [0.717, 1.165) is 11.1 Å². The lowest BCUT2D eigenvalue weighted by Gasteiger charge is -2.13. The molecule has 0 fully saturated rings. The van der Waals surface area contributed by atoms with E-state index in [1.165, 1.54) is 0 Å². The van der Waals surface area contributed by atoms with E-state index in [1.54, 1.807) is 6.92 Å². The highest BCUT2D eigenvalue weighted by molar-refractivity contribution is 5.96. The minimum absolute atomic E-state index is 0.124. The van der Waals surface area contributed by atoms with Crippen molar-refractivity contribution in [3.63, 3.8) is 0 Å². The fourth-order valence-corrected chi connectivity index (χ4v) is 2.83. The summed E-state index contributed by atoms with van der Waals surface area (Å²) < 4.78 is 5.84. The van der Waals surface area contributed by atoms with Crippen molar-refractivity contribution in [1.82, 2.24) is 15.3 Å². The predicted octanol–water partition coefficient (Wildman–Crippen LogP) is 3.36. The van der Waals surface area contributed by atoms with Gasteiger partial charge in [0, 0.05) is 6.54 Å². The fourth-order valence-electron chi connectivity index (χ4n) is 2.83. The number of amides is 1. The SMILES string of the molecule is CCNC(=O)c1c(C)nc(N)nc1COc1ccc(-c2ccccc2)cc1. The molecule has 1 amide bonds. The van der Waals surface area contributed by atoms with Crippen molar-refractivity contribution in [3.8, 4) is 16.9 Å². The molecule has 3 rings (SSSR count). The molecule has 27 heavy (non-hydrogen) atoms. The van der Waals surface area contributed by atoms with Crippen molar-refractivity contribution >= 4 is 11.9 Å². The summed E-state index contributed by atoms with van der Waals surface area (Å²) in [6.07, 6.45) is 0. The second-order valence-corrected chi connectivity index (χ2v) is 6.03. The van der Waals surface area contributed by atoms with Crippen molar-refractivity contribution in [2.45, 2.75) is 20.5 Å². The van der Waals surface area contributed by atoms with Gasteiger partial charge in [-0.2, -0.15) is 0 Å². The Balaban J connectivity index is 1.77. The van der Waals surface area contributed by atoms with Crippen LogP contribution >= 0.6 is 0 Å². The third-order valence-corrected chi connectivity index (χ3v) is 4.08. The van der Waals surface area contributed by atoms with Crippen LogP contribution in [0.3, 0.4) is 0 Å². The Morgan fingerprint density at radius 1 is 1.04 bits per heavy atom. The number of aryl methyl sites for hydroxylation is 1. The Morgan fingerprint density at radius 2 is 1.70 bits per heavy atom. The molecule has 138 valence electrons. The molecule has 0 unspecified atom stereocenters. The number of anilines is 1. The number of nitrogens with zero attached hydrogens (tertiary/aromatic N) is 2. The average molecular weight is 362 g/mol. The van der Waals surface area contributed by atoms with Gasteiger partial charge in [0.15, 0.2) is 0 Å². The lowest BCUT2D eigenvalue weighted by atomic mass is 10.1. The normalized spacial score (nSPS) is 10.4. The number of carbonyl (C=O) groups excluding carboxylic acids is 1. The Hall–Kier alpha value is -3.41. The van der Waals surface area contributed by atoms with Crippen molar-refractivity contribution in [2.24, 2.45) is 0 Å². The minimum atomic E-state index is -0.229. The Kier molecular flexibility index (Phi) is 5.66. The number of hydrogen-bond donors (Lipinski definition) is 2. The standard InChI is InChI=1S/C21H22N4O2/c1-3-23-20(26)19-14(2)24-21(22)25-18(19)13-27-17-11-9-16(10-12-17)15-7-5-4-6-8-15/h4-12H,3,13H2,1-2H3,(H,23,26)(H2,22,24,25). The van der Waals surface area contributed by atoms with Crippen LogP contribution < -0.4 is 15.8 Å². The largest absolute Gasteiger partial charge is 0.487 e. The number of rotatable bonds is 6. The molecule has 1 aromatic heterocycles. The summed E-state index contributed by atoms with van der Waals surface area (Å²) in [6.45, 7) is 4.24. The van der Waals surface area contributed by atoms with E-state index in [2.05, 4.69) is 27.4 Å². The monoisotopic (exact) mass is 362 g/mol. The van der Waals surface area contributed by atoms with Crippen LogP contribution in [0.4, 0.5) is 5.95 Å². The molecule has 0 atom stereocenters. The summed E-state index contributed by atoms with van der Waals surface area (Å²) in [6, 6.07) is 17.9. The number of benzene rings is 2. The van der Waals surface area contributed by atoms with E-state index >= 15 is 0 Å². The first-order valence-electron chi connectivity index (χ1n) is 8.78. The van der Waals surface area contributed by atoms with Gasteiger partial charge in [0.25, 0.3) is 5.91 Å². The van der Waals surface area contributed by atoms with Gasteiger partial charge >= 0.3 is 0 Å². The predicted molar refractivity (Wildman–Crippen MR) is 105 cm³/mol. The second kappa shape index (κ2) is 8.31. The summed E-state index contributed by atoms with van der Waals surface area (Å²) >= 11 is 0. The maximum Gasteiger partial charge on any atom is 0.255 e. The van der Waals surface area contributed by atoms with Crippen molar-refractivity contribution in [2.75, 3.05) is 12.3 Å². The molecule has 3 N–H and O–H groups in total. The maximum atomic E-state index is 12.3. The van der Waals surface area contributed by atoms with Gasteiger partial charge in [-0.25, -0.2) is 9.97 Å².